The minimum atomic E-state index is 0.789. The molecule has 1 heterocycles. The van der Waals surface area contributed by atoms with Crippen LogP contribution in [0.25, 0.3) is 10.9 Å². The Bertz CT molecular complexity index is 780. The van der Waals surface area contributed by atoms with E-state index in [1.165, 1.54) is 16.5 Å². The van der Waals surface area contributed by atoms with Crippen molar-refractivity contribution in [1.82, 2.24) is 4.98 Å². The molecule has 0 saturated heterocycles. The average molecular weight is 277 g/mol. The van der Waals surface area contributed by atoms with Gasteiger partial charge in [0.25, 0.3) is 0 Å². The van der Waals surface area contributed by atoms with Crippen LogP contribution in [-0.2, 0) is 6.54 Å². The Hall–Kier alpha value is -2.55. The van der Waals surface area contributed by atoms with Gasteiger partial charge < -0.3 is 10.6 Å². The van der Waals surface area contributed by atoms with Gasteiger partial charge in [-0.25, -0.2) is 4.98 Å². The minimum absolute atomic E-state index is 0.789. The van der Waals surface area contributed by atoms with Gasteiger partial charge in [0.1, 0.15) is 5.82 Å². The Morgan fingerprint density at radius 2 is 1.86 bits per heavy atom. The molecule has 0 aliphatic rings. The number of benzene rings is 2. The topological polar surface area (TPSA) is 42.2 Å². The van der Waals surface area contributed by atoms with Crippen LogP contribution in [0.1, 0.15) is 11.1 Å². The van der Waals surface area contributed by atoms with Crippen molar-refractivity contribution in [2.75, 3.05) is 17.7 Å². The van der Waals surface area contributed by atoms with Gasteiger partial charge in [-0.3, -0.25) is 0 Å². The molecule has 0 aliphatic heterocycles. The number of nitrogens with zero attached hydrogens (tertiary/aromatic N) is 2. The number of pyridine rings is 1. The van der Waals surface area contributed by atoms with Crippen LogP contribution in [0.2, 0.25) is 0 Å². The highest BCUT2D eigenvalue weighted by Crippen LogP contribution is 2.23. The molecule has 2 aromatic carbocycles. The van der Waals surface area contributed by atoms with Gasteiger partial charge in [-0.05, 0) is 42.3 Å². The summed E-state index contributed by atoms with van der Waals surface area (Å²) in [5, 5.41) is 1.18. The largest absolute Gasteiger partial charge is 0.399 e. The van der Waals surface area contributed by atoms with Crippen molar-refractivity contribution in [3.63, 3.8) is 0 Å². The predicted molar refractivity (Wildman–Crippen MR) is 89.4 cm³/mol. The lowest BCUT2D eigenvalue weighted by atomic mass is 10.1. The number of nitrogens with two attached hydrogens (primary N) is 1. The summed E-state index contributed by atoms with van der Waals surface area (Å²) in [6.45, 7) is 2.89. The Balaban J connectivity index is 1.93. The maximum absolute atomic E-state index is 5.84. The molecule has 3 heteroatoms. The summed E-state index contributed by atoms with van der Waals surface area (Å²) in [6.07, 6.45) is 0. The number of hydrogen-bond donors (Lipinski definition) is 1. The normalized spacial score (nSPS) is 10.8. The number of aromatic nitrogens is 1. The number of rotatable bonds is 3. The molecule has 3 aromatic rings. The number of hydrogen-bond acceptors (Lipinski definition) is 3. The molecule has 3 nitrogen and oxygen atoms in total. The van der Waals surface area contributed by atoms with E-state index in [1.54, 1.807) is 0 Å². The maximum Gasteiger partial charge on any atom is 0.132 e. The zero-order chi connectivity index (χ0) is 14.8. The van der Waals surface area contributed by atoms with Gasteiger partial charge in [-0.2, -0.15) is 0 Å². The zero-order valence-corrected chi connectivity index (χ0v) is 12.4. The van der Waals surface area contributed by atoms with Gasteiger partial charge >= 0.3 is 0 Å². The molecule has 0 radical (unpaired) electrons. The lowest BCUT2D eigenvalue weighted by molar-refractivity contribution is 0.896. The zero-order valence-electron chi connectivity index (χ0n) is 12.4. The molecule has 0 fully saturated rings. The van der Waals surface area contributed by atoms with Crippen molar-refractivity contribution in [1.29, 1.82) is 0 Å². The second-order valence-corrected chi connectivity index (χ2v) is 5.42. The van der Waals surface area contributed by atoms with E-state index in [2.05, 4.69) is 37.1 Å². The number of fused-ring (bicyclic) bond motifs is 1. The molecular formula is C18H19N3. The van der Waals surface area contributed by atoms with Crippen LogP contribution in [0.5, 0.6) is 0 Å². The monoisotopic (exact) mass is 277 g/mol. The number of anilines is 2. The van der Waals surface area contributed by atoms with E-state index in [4.69, 9.17) is 10.7 Å². The van der Waals surface area contributed by atoms with Crippen LogP contribution in [0, 0.1) is 6.92 Å². The van der Waals surface area contributed by atoms with Crippen LogP contribution >= 0.6 is 0 Å². The molecule has 21 heavy (non-hydrogen) atoms. The van der Waals surface area contributed by atoms with Gasteiger partial charge in [0, 0.05) is 24.7 Å². The van der Waals surface area contributed by atoms with Crippen LogP contribution < -0.4 is 10.6 Å². The lowest BCUT2D eigenvalue weighted by Gasteiger charge is -2.21. The smallest absolute Gasteiger partial charge is 0.132 e. The molecule has 0 spiro atoms. The van der Waals surface area contributed by atoms with Crippen LogP contribution in [0.3, 0.4) is 0 Å². The Kier molecular flexibility index (Phi) is 3.48. The third-order valence-electron chi connectivity index (χ3n) is 3.62. The Morgan fingerprint density at radius 3 is 2.67 bits per heavy atom. The van der Waals surface area contributed by atoms with Crippen LogP contribution in [0.15, 0.2) is 54.6 Å². The number of para-hydroxylation sites is 1. The fourth-order valence-corrected chi connectivity index (χ4v) is 2.64. The lowest BCUT2D eigenvalue weighted by Crippen LogP contribution is -2.19. The highest BCUT2D eigenvalue weighted by Gasteiger charge is 2.09. The standard InChI is InChI=1S/C18H19N3/c1-13-10-15-7-3-4-9-17(15)20-18(13)21(2)12-14-6-5-8-16(19)11-14/h3-11H,12,19H2,1-2H3. The van der Waals surface area contributed by atoms with E-state index in [1.807, 2.05) is 36.4 Å². The van der Waals surface area contributed by atoms with E-state index >= 15 is 0 Å². The van der Waals surface area contributed by atoms with Crippen molar-refractivity contribution >= 4 is 22.4 Å². The first kappa shape index (κ1) is 13.4. The molecule has 0 unspecified atom stereocenters. The predicted octanol–water partition coefficient (Wildman–Crippen LogP) is 3.76. The molecule has 0 amide bonds. The quantitative estimate of drug-likeness (QED) is 0.741. The molecule has 0 bridgehead atoms. The highest BCUT2D eigenvalue weighted by atomic mass is 15.2. The Labute approximate surface area is 125 Å². The van der Waals surface area contributed by atoms with Crippen molar-refractivity contribution in [2.45, 2.75) is 13.5 Å². The first-order valence-electron chi connectivity index (χ1n) is 7.05. The average Bonchev–Trinajstić information content (AvgIpc) is 2.46. The molecular weight excluding hydrogens is 258 g/mol. The van der Waals surface area contributed by atoms with Gasteiger partial charge in [0.2, 0.25) is 0 Å². The summed E-state index contributed by atoms with van der Waals surface area (Å²) in [6, 6.07) is 18.4. The fraction of sp³-hybridized carbons (Fsp3) is 0.167. The second-order valence-electron chi connectivity index (χ2n) is 5.42. The Morgan fingerprint density at radius 1 is 1.05 bits per heavy atom. The molecule has 3 rings (SSSR count). The first-order valence-corrected chi connectivity index (χ1v) is 7.05. The fourth-order valence-electron chi connectivity index (χ4n) is 2.64. The third kappa shape index (κ3) is 2.82. The van der Waals surface area contributed by atoms with Crippen LogP contribution in [-0.4, -0.2) is 12.0 Å². The first-order chi connectivity index (χ1) is 10.1. The molecule has 106 valence electrons. The van der Waals surface area contributed by atoms with E-state index in [0.29, 0.717) is 0 Å². The summed E-state index contributed by atoms with van der Waals surface area (Å²) >= 11 is 0. The van der Waals surface area contributed by atoms with Crippen molar-refractivity contribution in [3.8, 4) is 0 Å². The number of aryl methyl sites for hydroxylation is 1. The SMILES string of the molecule is Cc1cc2ccccc2nc1N(C)Cc1cccc(N)c1. The van der Waals surface area contributed by atoms with Gasteiger partial charge in [-0.1, -0.05) is 30.3 Å². The van der Waals surface area contributed by atoms with E-state index < -0.39 is 0 Å². The van der Waals surface area contributed by atoms with Crippen molar-refractivity contribution in [2.24, 2.45) is 0 Å². The maximum atomic E-state index is 5.84. The van der Waals surface area contributed by atoms with E-state index in [9.17, 15) is 0 Å². The molecule has 0 saturated carbocycles. The third-order valence-corrected chi connectivity index (χ3v) is 3.62. The summed E-state index contributed by atoms with van der Waals surface area (Å²) in [7, 11) is 2.06. The summed E-state index contributed by atoms with van der Waals surface area (Å²) < 4.78 is 0. The molecule has 2 N–H and O–H groups in total. The van der Waals surface area contributed by atoms with Crippen LogP contribution in [0.4, 0.5) is 11.5 Å². The minimum Gasteiger partial charge on any atom is -0.399 e. The summed E-state index contributed by atoms with van der Waals surface area (Å²) in [5.41, 5.74) is 10.0. The van der Waals surface area contributed by atoms with Gasteiger partial charge in [0.05, 0.1) is 5.52 Å². The highest BCUT2D eigenvalue weighted by molar-refractivity contribution is 5.81. The van der Waals surface area contributed by atoms with Crippen molar-refractivity contribution < 1.29 is 0 Å². The van der Waals surface area contributed by atoms with E-state index in [-0.39, 0.29) is 0 Å². The second kappa shape index (κ2) is 5.44. The molecule has 0 atom stereocenters. The summed E-state index contributed by atoms with van der Waals surface area (Å²) in [5.74, 6) is 1.01. The van der Waals surface area contributed by atoms with Gasteiger partial charge in [0.15, 0.2) is 0 Å². The number of nitrogen functional groups attached to an aromatic ring is 1. The van der Waals surface area contributed by atoms with Crippen molar-refractivity contribution in [3.05, 3.63) is 65.7 Å². The molecule has 1 aromatic heterocycles. The van der Waals surface area contributed by atoms with Gasteiger partial charge in [-0.15, -0.1) is 0 Å². The van der Waals surface area contributed by atoms with E-state index in [0.717, 1.165) is 23.6 Å². The molecule has 0 aliphatic carbocycles. The summed E-state index contributed by atoms with van der Waals surface area (Å²) in [4.78, 5) is 6.95.